The standard InChI is InChI=1S/C18H22N4O3/c1-25-14-7-5-13(6-8-14)17-19-18(24)15(20-21-17)9-10-16(23)22-11-3-2-4-12-22/h5-8H,2-4,9-12H2,1H3,(H,19,21,24). The minimum absolute atomic E-state index is 0.0835. The highest BCUT2D eigenvalue weighted by Crippen LogP contribution is 2.17. The largest absolute Gasteiger partial charge is 0.497 e. The van der Waals surface area contributed by atoms with Crippen molar-refractivity contribution in [1.82, 2.24) is 20.1 Å². The molecule has 0 atom stereocenters. The van der Waals surface area contributed by atoms with Gasteiger partial charge < -0.3 is 14.6 Å². The van der Waals surface area contributed by atoms with E-state index in [4.69, 9.17) is 4.74 Å². The van der Waals surface area contributed by atoms with Crippen molar-refractivity contribution in [3.63, 3.8) is 0 Å². The Labute approximate surface area is 146 Å². The van der Waals surface area contributed by atoms with Gasteiger partial charge in [-0.25, -0.2) is 0 Å². The third kappa shape index (κ3) is 4.23. The number of H-pyrrole nitrogens is 1. The Balaban J connectivity index is 1.65. The van der Waals surface area contributed by atoms with Gasteiger partial charge in [0.15, 0.2) is 5.82 Å². The Morgan fingerprint density at radius 3 is 2.52 bits per heavy atom. The van der Waals surface area contributed by atoms with Crippen LogP contribution in [-0.4, -0.2) is 46.2 Å². The Kier molecular flexibility index (Phi) is 5.42. The molecule has 0 saturated carbocycles. The van der Waals surface area contributed by atoms with Crippen LogP contribution < -0.4 is 10.3 Å². The number of amides is 1. The van der Waals surface area contributed by atoms with Crippen LogP contribution in [-0.2, 0) is 11.2 Å². The summed E-state index contributed by atoms with van der Waals surface area (Å²) < 4.78 is 5.11. The van der Waals surface area contributed by atoms with E-state index >= 15 is 0 Å². The Bertz CT molecular complexity index is 780. The predicted molar refractivity (Wildman–Crippen MR) is 93.4 cm³/mol. The number of hydrogen-bond donors (Lipinski definition) is 1. The number of piperidine rings is 1. The fourth-order valence-corrected chi connectivity index (χ4v) is 2.93. The van der Waals surface area contributed by atoms with Gasteiger partial charge in [0.25, 0.3) is 5.56 Å². The lowest BCUT2D eigenvalue weighted by molar-refractivity contribution is -0.132. The van der Waals surface area contributed by atoms with Crippen molar-refractivity contribution in [1.29, 1.82) is 0 Å². The molecule has 1 N–H and O–H groups in total. The summed E-state index contributed by atoms with van der Waals surface area (Å²) in [5.41, 5.74) is 0.747. The highest BCUT2D eigenvalue weighted by atomic mass is 16.5. The molecule has 0 unspecified atom stereocenters. The molecule has 2 heterocycles. The summed E-state index contributed by atoms with van der Waals surface area (Å²) in [5.74, 6) is 1.21. The van der Waals surface area contributed by atoms with E-state index in [9.17, 15) is 9.59 Å². The number of nitrogens with zero attached hydrogens (tertiary/aromatic N) is 3. The van der Waals surface area contributed by atoms with Crippen molar-refractivity contribution < 1.29 is 9.53 Å². The number of methoxy groups -OCH3 is 1. The number of likely N-dealkylation sites (tertiary alicyclic amines) is 1. The van der Waals surface area contributed by atoms with Crippen LogP contribution in [0, 0.1) is 0 Å². The molecule has 1 aromatic carbocycles. The van der Waals surface area contributed by atoms with Crippen LogP contribution in [0.3, 0.4) is 0 Å². The van der Waals surface area contributed by atoms with E-state index in [0.717, 1.165) is 37.2 Å². The Hall–Kier alpha value is -2.70. The van der Waals surface area contributed by atoms with E-state index in [2.05, 4.69) is 15.2 Å². The lowest BCUT2D eigenvalue weighted by Gasteiger charge is -2.26. The third-order valence-corrected chi connectivity index (χ3v) is 4.41. The molecule has 2 aromatic rings. The maximum Gasteiger partial charge on any atom is 0.273 e. The SMILES string of the molecule is COc1ccc(-c2nnc(CCC(=O)N3CCCCC3)c(=O)[nH]2)cc1. The second kappa shape index (κ2) is 7.92. The van der Waals surface area contributed by atoms with Crippen molar-refractivity contribution >= 4 is 5.91 Å². The van der Waals surface area contributed by atoms with E-state index in [1.54, 1.807) is 31.4 Å². The number of aromatic amines is 1. The summed E-state index contributed by atoms with van der Waals surface area (Å²) in [4.78, 5) is 29.0. The molecule has 0 radical (unpaired) electrons. The predicted octanol–water partition coefficient (Wildman–Crippen LogP) is 1.79. The van der Waals surface area contributed by atoms with Gasteiger partial charge in [-0.3, -0.25) is 9.59 Å². The number of hydrogen-bond acceptors (Lipinski definition) is 5. The van der Waals surface area contributed by atoms with Crippen molar-refractivity contribution in [2.75, 3.05) is 20.2 Å². The van der Waals surface area contributed by atoms with Crippen LogP contribution in [0.1, 0.15) is 31.4 Å². The molecule has 0 bridgehead atoms. The molecule has 1 saturated heterocycles. The Morgan fingerprint density at radius 1 is 1.16 bits per heavy atom. The normalized spacial score (nSPS) is 14.4. The number of carbonyl (C=O) groups excluding carboxylic acids is 1. The topological polar surface area (TPSA) is 88.2 Å². The van der Waals surface area contributed by atoms with Gasteiger partial charge in [-0.2, -0.15) is 0 Å². The minimum atomic E-state index is -0.299. The average Bonchev–Trinajstić information content (AvgIpc) is 2.67. The molecule has 1 amide bonds. The zero-order valence-electron chi connectivity index (χ0n) is 14.3. The fraction of sp³-hybridized carbons (Fsp3) is 0.444. The first-order valence-corrected chi connectivity index (χ1v) is 8.55. The summed E-state index contributed by atoms with van der Waals surface area (Å²) in [6.07, 6.45) is 3.90. The fourth-order valence-electron chi connectivity index (χ4n) is 2.93. The van der Waals surface area contributed by atoms with Gasteiger partial charge in [0.1, 0.15) is 11.4 Å². The van der Waals surface area contributed by atoms with Gasteiger partial charge in [0, 0.05) is 31.5 Å². The van der Waals surface area contributed by atoms with Crippen LogP contribution >= 0.6 is 0 Å². The molecule has 7 nitrogen and oxygen atoms in total. The van der Waals surface area contributed by atoms with Gasteiger partial charge in [-0.15, -0.1) is 10.2 Å². The molecular formula is C18H22N4O3. The quantitative estimate of drug-likeness (QED) is 0.895. The average molecular weight is 342 g/mol. The number of carbonyl (C=O) groups is 1. The molecule has 1 aliphatic rings. The second-order valence-electron chi connectivity index (χ2n) is 6.12. The lowest BCUT2D eigenvalue weighted by atomic mass is 10.1. The second-order valence-corrected chi connectivity index (χ2v) is 6.12. The maximum absolute atomic E-state index is 12.2. The molecule has 1 fully saturated rings. The number of aromatic nitrogens is 3. The van der Waals surface area contributed by atoms with Crippen LogP contribution in [0.15, 0.2) is 29.1 Å². The monoisotopic (exact) mass is 342 g/mol. The third-order valence-electron chi connectivity index (χ3n) is 4.41. The summed E-state index contributed by atoms with van der Waals surface area (Å²) in [6.45, 7) is 1.63. The highest BCUT2D eigenvalue weighted by Gasteiger charge is 2.17. The highest BCUT2D eigenvalue weighted by molar-refractivity contribution is 5.76. The van der Waals surface area contributed by atoms with Gasteiger partial charge in [0.05, 0.1) is 7.11 Å². The van der Waals surface area contributed by atoms with Crippen molar-refractivity contribution in [3.05, 3.63) is 40.3 Å². The van der Waals surface area contributed by atoms with Gasteiger partial charge in [-0.1, -0.05) is 0 Å². The first kappa shape index (κ1) is 17.1. The van der Waals surface area contributed by atoms with Crippen molar-refractivity contribution in [3.8, 4) is 17.1 Å². The smallest absolute Gasteiger partial charge is 0.273 e. The first-order chi connectivity index (χ1) is 12.2. The number of benzene rings is 1. The van der Waals surface area contributed by atoms with E-state index < -0.39 is 0 Å². The molecule has 25 heavy (non-hydrogen) atoms. The minimum Gasteiger partial charge on any atom is -0.497 e. The van der Waals surface area contributed by atoms with Crippen LogP contribution in [0.4, 0.5) is 0 Å². The van der Waals surface area contributed by atoms with E-state index in [1.807, 2.05) is 4.90 Å². The molecule has 0 aliphatic carbocycles. The zero-order valence-corrected chi connectivity index (χ0v) is 14.3. The first-order valence-electron chi connectivity index (χ1n) is 8.55. The van der Waals surface area contributed by atoms with Crippen LogP contribution in [0.5, 0.6) is 5.75 Å². The molecule has 132 valence electrons. The molecule has 1 aromatic heterocycles. The van der Waals surface area contributed by atoms with Gasteiger partial charge >= 0.3 is 0 Å². The maximum atomic E-state index is 12.2. The van der Waals surface area contributed by atoms with Gasteiger partial charge in [0.2, 0.25) is 5.91 Å². The number of aryl methyl sites for hydroxylation is 1. The lowest BCUT2D eigenvalue weighted by Crippen LogP contribution is -2.36. The van der Waals surface area contributed by atoms with Crippen LogP contribution in [0.2, 0.25) is 0 Å². The molecule has 7 heteroatoms. The number of ether oxygens (including phenoxy) is 1. The van der Waals surface area contributed by atoms with E-state index in [0.29, 0.717) is 24.4 Å². The summed E-state index contributed by atoms with van der Waals surface area (Å²) in [5, 5.41) is 8.10. The van der Waals surface area contributed by atoms with E-state index in [-0.39, 0.29) is 11.5 Å². The number of nitrogens with one attached hydrogen (secondary N) is 1. The van der Waals surface area contributed by atoms with Crippen molar-refractivity contribution in [2.24, 2.45) is 0 Å². The van der Waals surface area contributed by atoms with Gasteiger partial charge in [-0.05, 0) is 43.5 Å². The molecule has 0 spiro atoms. The summed E-state index contributed by atoms with van der Waals surface area (Å²) in [7, 11) is 1.59. The molecular weight excluding hydrogens is 320 g/mol. The zero-order chi connectivity index (χ0) is 17.6. The summed E-state index contributed by atoms with van der Waals surface area (Å²) in [6, 6.07) is 7.19. The Morgan fingerprint density at radius 2 is 1.88 bits per heavy atom. The van der Waals surface area contributed by atoms with Crippen LogP contribution in [0.25, 0.3) is 11.4 Å². The van der Waals surface area contributed by atoms with Crippen molar-refractivity contribution in [2.45, 2.75) is 32.1 Å². The summed E-state index contributed by atoms with van der Waals surface area (Å²) >= 11 is 0. The van der Waals surface area contributed by atoms with E-state index in [1.165, 1.54) is 6.42 Å². The number of rotatable bonds is 5. The molecule has 1 aliphatic heterocycles. The molecule has 3 rings (SSSR count).